The number of aromatic nitrogens is 1. The molecule has 1 rings (SSSR count). The van der Waals surface area contributed by atoms with Gasteiger partial charge >= 0.3 is 6.18 Å². The summed E-state index contributed by atoms with van der Waals surface area (Å²) in [5.41, 5.74) is -0.394. The predicted molar refractivity (Wildman–Crippen MR) is 40.7 cm³/mol. The fraction of sp³-hybridized carbons (Fsp3) is 0.286. The highest BCUT2D eigenvalue weighted by molar-refractivity contribution is 6.04. The molecule has 72 valence electrons. The molecule has 0 atom stereocenters. The Bertz CT molecular complexity index is 316. The van der Waals surface area contributed by atoms with E-state index < -0.39 is 17.5 Å². The van der Waals surface area contributed by atoms with Crippen molar-refractivity contribution in [2.75, 3.05) is 12.4 Å². The maximum absolute atomic E-state index is 11.9. The van der Waals surface area contributed by atoms with Crippen LogP contribution in [-0.2, 0) is 0 Å². The van der Waals surface area contributed by atoms with Gasteiger partial charge in [-0.05, 0) is 6.07 Å². The number of aromatic amines is 1. The molecule has 0 unspecified atom stereocenters. The molecule has 0 bridgehead atoms. The van der Waals surface area contributed by atoms with Gasteiger partial charge in [-0.15, -0.1) is 0 Å². The smallest absolute Gasteiger partial charge is 0.374 e. The highest BCUT2D eigenvalue weighted by Gasteiger charge is 2.40. The summed E-state index contributed by atoms with van der Waals surface area (Å²) in [4.78, 5) is 13.2. The van der Waals surface area contributed by atoms with Crippen LogP contribution in [0.1, 0.15) is 10.4 Å². The number of halogens is 3. The first-order valence-electron chi connectivity index (χ1n) is 3.43. The van der Waals surface area contributed by atoms with Gasteiger partial charge in [0.25, 0.3) is 5.78 Å². The van der Waals surface area contributed by atoms with Crippen molar-refractivity contribution in [1.29, 1.82) is 0 Å². The van der Waals surface area contributed by atoms with Gasteiger partial charge in [0.05, 0.1) is 5.56 Å². The molecule has 2 N–H and O–H groups in total. The minimum atomic E-state index is -4.83. The Morgan fingerprint density at radius 1 is 1.54 bits per heavy atom. The molecule has 1 aromatic heterocycles. The molecule has 0 radical (unpaired) electrons. The summed E-state index contributed by atoms with van der Waals surface area (Å²) in [6.07, 6.45) is -3.56. The third-order valence-electron chi connectivity index (χ3n) is 1.50. The van der Waals surface area contributed by atoms with E-state index in [4.69, 9.17) is 0 Å². The number of ketones is 1. The highest BCUT2D eigenvalue weighted by Crippen LogP contribution is 2.24. The Morgan fingerprint density at radius 3 is 2.62 bits per heavy atom. The number of anilines is 1. The second-order valence-electron chi connectivity index (χ2n) is 2.34. The summed E-state index contributed by atoms with van der Waals surface area (Å²) in [6, 6.07) is 1.08. The van der Waals surface area contributed by atoms with Crippen LogP contribution in [0.25, 0.3) is 0 Å². The third kappa shape index (κ3) is 1.82. The molecule has 13 heavy (non-hydrogen) atoms. The molecule has 1 heterocycles. The Morgan fingerprint density at radius 2 is 2.15 bits per heavy atom. The molecule has 6 heteroatoms. The van der Waals surface area contributed by atoms with E-state index in [0.29, 0.717) is 0 Å². The minimum Gasteiger partial charge on any atom is -0.374 e. The fourth-order valence-electron chi connectivity index (χ4n) is 0.918. The lowest BCUT2D eigenvalue weighted by molar-refractivity contribution is -0.0884. The van der Waals surface area contributed by atoms with Crippen molar-refractivity contribution in [1.82, 2.24) is 4.98 Å². The zero-order chi connectivity index (χ0) is 10.1. The number of hydrogen-bond acceptors (Lipinski definition) is 2. The number of carbonyl (C=O) groups is 1. The lowest BCUT2D eigenvalue weighted by atomic mass is 10.2. The van der Waals surface area contributed by atoms with Gasteiger partial charge < -0.3 is 10.3 Å². The van der Waals surface area contributed by atoms with E-state index in [-0.39, 0.29) is 5.82 Å². The van der Waals surface area contributed by atoms with Crippen LogP contribution in [0.15, 0.2) is 12.3 Å². The van der Waals surface area contributed by atoms with Gasteiger partial charge in [-0.1, -0.05) is 0 Å². The van der Waals surface area contributed by atoms with Gasteiger partial charge in [0, 0.05) is 13.2 Å². The van der Waals surface area contributed by atoms with Crippen molar-refractivity contribution >= 4 is 11.6 Å². The Balaban J connectivity index is 3.02. The van der Waals surface area contributed by atoms with Crippen molar-refractivity contribution in [3.8, 4) is 0 Å². The molecule has 0 aliphatic carbocycles. The largest absolute Gasteiger partial charge is 0.455 e. The molecular formula is C7H7F3N2O. The first-order valence-corrected chi connectivity index (χ1v) is 3.43. The zero-order valence-electron chi connectivity index (χ0n) is 6.70. The van der Waals surface area contributed by atoms with Crippen LogP contribution in [-0.4, -0.2) is 24.0 Å². The summed E-state index contributed by atoms with van der Waals surface area (Å²) in [7, 11) is 1.43. The van der Waals surface area contributed by atoms with Crippen molar-refractivity contribution in [3.05, 3.63) is 17.8 Å². The second-order valence-corrected chi connectivity index (χ2v) is 2.34. The average Bonchev–Trinajstić information content (AvgIpc) is 2.48. The Hall–Kier alpha value is -1.46. The van der Waals surface area contributed by atoms with Crippen molar-refractivity contribution < 1.29 is 18.0 Å². The van der Waals surface area contributed by atoms with E-state index >= 15 is 0 Å². The van der Waals surface area contributed by atoms with Crippen LogP contribution in [0.2, 0.25) is 0 Å². The summed E-state index contributed by atoms with van der Waals surface area (Å²) >= 11 is 0. The number of hydrogen-bond donors (Lipinski definition) is 2. The summed E-state index contributed by atoms with van der Waals surface area (Å²) in [5, 5.41) is 2.45. The lowest BCUT2D eigenvalue weighted by Gasteiger charge is -2.05. The summed E-state index contributed by atoms with van der Waals surface area (Å²) < 4.78 is 35.8. The SMILES string of the molecule is CNc1[nH]ccc1C(=O)C(F)(F)F. The molecule has 0 saturated heterocycles. The standard InChI is InChI=1S/C7H7F3N2O/c1-11-6-4(2-3-12-6)5(13)7(8,9)10/h2-3,11-12H,1H3. The van der Waals surface area contributed by atoms with Gasteiger partial charge in [0.15, 0.2) is 0 Å². The lowest BCUT2D eigenvalue weighted by Crippen LogP contribution is -2.23. The van der Waals surface area contributed by atoms with Crippen LogP contribution in [0.3, 0.4) is 0 Å². The molecular weight excluding hydrogens is 185 g/mol. The number of rotatable bonds is 2. The van der Waals surface area contributed by atoms with Crippen LogP contribution in [0.4, 0.5) is 19.0 Å². The van der Waals surface area contributed by atoms with E-state index in [1.807, 2.05) is 0 Å². The van der Waals surface area contributed by atoms with E-state index in [9.17, 15) is 18.0 Å². The van der Waals surface area contributed by atoms with Crippen molar-refractivity contribution in [3.63, 3.8) is 0 Å². The van der Waals surface area contributed by atoms with Gasteiger partial charge in [-0.3, -0.25) is 4.79 Å². The Labute approximate surface area is 71.9 Å². The topological polar surface area (TPSA) is 44.9 Å². The van der Waals surface area contributed by atoms with Crippen molar-refractivity contribution in [2.45, 2.75) is 6.18 Å². The van der Waals surface area contributed by atoms with Gasteiger partial charge in [0.2, 0.25) is 0 Å². The monoisotopic (exact) mass is 192 g/mol. The van der Waals surface area contributed by atoms with Gasteiger partial charge in [-0.25, -0.2) is 0 Å². The van der Waals surface area contributed by atoms with E-state index in [2.05, 4.69) is 10.3 Å². The maximum Gasteiger partial charge on any atom is 0.455 e. The van der Waals surface area contributed by atoms with Gasteiger partial charge in [0.1, 0.15) is 5.82 Å². The van der Waals surface area contributed by atoms with E-state index in [1.54, 1.807) is 0 Å². The summed E-state index contributed by atoms with van der Waals surface area (Å²) in [6.45, 7) is 0. The molecule has 0 spiro atoms. The molecule has 3 nitrogen and oxygen atoms in total. The number of alkyl halides is 3. The third-order valence-corrected chi connectivity index (χ3v) is 1.50. The number of carbonyl (C=O) groups excluding carboxylic acids is 1. The number of H-pyrrole nitrogens is 1. The predicted octanol–water partition coefficient (Wildman–Crippen LogP) is 1.80. The molecule has 0 aliphatic heterocycles. The van der Waals surface area contributed by atoms with Crippen LogP contribution >= 0.6 is 0 Å². The molecule has 0 aliphatic rings. The number of Topliss-reactive ketones (excluding diaryl/α,β-unsaturated/α-hetero) is 1. The first kappa shape index (κ1) is 9.63. The zero-order valence-corrected chi connectivity index (χ0v) is 6.70. The highest BCUT2D eigenvalue weighted by atomic mass is 19.4. The molecule has 1 aromatic rings. The quantitative estimate of drug-likeness (QED) is 0.702. The summed E-state index contributed by atoms with van der Waals surface area (Å²) in [5.74, 6) is -1.78. The van der Waals surface area contributed by atoms with Crippen LogP contribution in [0, 0.1) is 0 Å². The normalized spacial score (nSPS) is 11.4. The van der Waals surface area contributed by atoms with Gasteiger partial charge in [-0.2, -0.15) is 13.2 Å². The first-order chi connectivity index (χ1) is 5.96. The minimum absolute atomic E-state index is 0.0716. The molecule has 0 fully saturated rings. The molecule has 0 saturated carbocycles. The van der Waals surface area contributed by atoms with Crippen LogP contribution < -0.4 is 5.32 Å². The average molecular weight is 192 g/mol. The van der Waals surface area contributed by atoms with Crippen LogP contribution in [0.5, 0.6) is 0 Å². The molecule has 0 aromatic carbocycles. The fourth-order valence-corrected chi connectivity index (χ4v) is 0.918. The Kier molecular flexibility index (Phi) is 2.31. The maximum atomic E-state index is 11.9. The molecule has 0 amide bonds. The van der Waals surface area contributed by atoms with E-state index in [0.717, 1.165) is 6.07 Å². The van der Waals surface area contributed by atoms with Crippen molar-refractivity contribution in [2.24, 2.45) is 0 Å². The second kappa shape index (κ2) is 3.12. The van der Waals surface area contributed by atoms with E-state index in [1.165, 1.54) is 13.2 Å². The number of nitrogens with one attached hydrogen (secondary N) is 2.